The Morgan fingerprint density at radius 3 is 1.37 bits per heavy atom. The van der Waals surface area contributed by atoms with Gasteiger partial charge in [-0.05, 0) is 83.9 Å². The fourth-order valence-corrected chi connectivity index (χ4v) is 7.66. The normalized spacial score (nSPS) is 13.0. The fourth-order valence-electron chi connectivity index (χ4n) is 5.45. The summed E-state index contributed by atoms with van der Waals surface area (Å²) in [5.74, 6) is -2.05. The summed E-state index contributed by atoms with van der Waals surface area (Å²) >= 11 is 0.436. The zero-order valence-corrected chi connectivity index (χ0v) is 36.8. The van der Waals surface area contributed by atoms with Gasteiger partial charge in [-0.25, -0.2) is 5.26 Å². The van der Waals surface area contributed by atoms with Crippen LogP contribution in [0, 0.1) is 0 Å². The van der Waals surface area contributed by atoms with Gasteiger partial charge in [-0.15, -0.1) is 24.8 Å². The molecule has 0 saturated carbocycles. The SMILES string of the molecule is O=S(=O)(O)c1ccc(O)c(N=Nc2ccc(N=[N+](O)c3ccc(/C=C/c4ccc([N+](O)=Nc5ccc(N=Nc6cc(S(=O)(=O)O)ccc6O)c(O)c5)cc4S(=O)(=O)O)c(SOOO)c3)cc2O)c1. The minimum atomic E-state index is -4.99. The third-order valence-electron chi connectivity index (χ3n) is 8.69. The smallest absolute Gasteiger partial charge is 0.295 e. The molecule has 10 N–H and O–H groups in total. The van der Waals surface area contributed by atoms with E-state index >= 15 is 0 Å². The predicted octanol–water partition coefficient (Wildman–Crippen LogP) is 9.31. The van der Waals surface area contributed by atoms with E-state index in [1.165, 1.54) is 66.7 Å². The molecule has 352 valence electrons. The van der Waals surface area contributed by atoms with Crippen molar-refractivity contribution in [2.24, 2.45) is 30.7 Å². The predicted molar refractivity (Wildman–Crippen MR) is 230 cm³/mol. The van der Waals surface area contributed by atoms with Crippen molar-refractivity contribution in [3.8, 4) is 23.0 Å². The summed E-state index contributed by atoms with van der Waals surface area (Å²) in [5, 5.41) is 97.7. The number of rotatable bonds is 16. The van der Waals surface area contributed by atoms with Gasteiger partial charge in [0.25, 0.3) is 41.7 Å². The molecule has 0 heterocycles. The molecular formula is C38H30N8O18S4+2. The van der Waals surface area contributed by atoms with Crippen LogP contribution < -0.4 is 0 Å². The number of phenolic OH excluding ortho intramolecular Hbond substituents is 4. The van der Waals surface area contributed by atoms with Crippen LogP contribution in [0.2, 0.25) is 0 Å². The fraction of sp³-hybridized carbons (Fsp3) is 0. The highest BCUT2D eigenvalue weighted by molar-refractivity contribution is 7.94. The third-order valence-corrected chi connectivity index (χ3v) is 12.0. The lowest BCUT2D eigenvalue weighted by molar-refractivity contribution is -0.761. The maximum atomic E-state index is 12.5. The quantitative estimate of drug-likeness (QED) is 0.00820. The number of aromatic hydroxyl groups is 4. The van der Waals surface area contributed by atoms with Gasteiger partial charge in [-0.2, -0.15) is 25.3 Å². The Balaban J connectivity index is 1.21. The Labute approximate surface area is 386 Å². The van der Waals surface area contributed by atoms with E-state index in [0.29, 0.717) is 16.9 Å². The van der Waals surface area contributed by atoms with Crippen molar-refractivity contribution >= 4 is 100 Å². The van der Waals surface area contributed by atoms with Crippen LogP contribution in [0.4, 0.5) is 45.5 Å². The van der Waals surface area contributed by atoms with Gasteiger partial charge in [-0.1, -0.05) is 17.2 Å². The highest BCUT2D eigenvalue weighted by atomic mass is 32.2. The summed E-state index contributed by atoms with van der Waals surface area (Å²) in [6.45, 7) is 0. The summed E-state index contributed by atoms with van der Waals surface area (Å²) in [7, 11) is -14.2. The molecule has 0 unspecified atom stereocenters. The molecule has 0 aromatic heterocycles. The Morgan fingerprint density at radius 2 is 0.926 bits per heavy atom. The van der Waals surface area contributed by atoms with Crippen molar-refractivity contribution in [3.05, 3.63) is 120 Å². The molecule has 6 aromatic carbocycles. The van der Waals surface area contributed by atoms with Crippen molar-refractivity contribution in [1.82, 2.24) is 0 Å². The van der Waals surface area contributed by atoms with Gasteiger partial charge in [0.15, 0.2) is 0 Å². The number of hydrogen-bond donors (Lipinski definition) is 10. The highest BCUT2D eigenvalue weighted by Gasteiger charge is 2.22. The maximum Gasteiger partial charge on any atom is 0.295 e. The second-order valence-corrected chi connectivity index (χ2v) is 18.2. The van der Waals surface area contributed by atoms with Crippen LogP contribution in [0.1, 0.15) is 11.1 Å². The van der Waals surface area contributed by atoms with Crippen molar-refractivity contribution in [2.75, 3.05) is 0 Å². The van der Waals surface area contributed by atoms with E-state index in [9.17, 15) is 69.8 Å². The first-order valence-electron chi connectivity index (χ1n) is 18.1. The van der Waals surface area contributed by atoms with E-state index in [-0.39, 0.29) is 66.4 Å². The van der Waals surface area contributed by atoms with Crippen LogP contribution in [0.25, 0.3) is 12.2 Å². The summed E-state index contributed by atoms with van der Waals surface area (Å²) in [5.41, 5.74) is -1.41. The van der Waals surface area contributed by atoms with Crippen LogP contribution in [-0.4, -0.2) is 84.7 Å². The molecule has 0 aliphatic carbocycles. The Bertz CT molecular complexity index is 3460. The summed E-state index contributed by atoms with van der Waals surface area (Å²) in [6.07, 6.45) is 2.58. The zero-order chi connectivity index (χ0) is 49.6. The summed E-state index contributed by atoms with van der Waals surface area (Å²) in [6, 6.07) is 19.7. The highest BCUT2D eigenvalue weighted by Crippen LogP contribution is 2.38. The summed E-state index contributed by atoms with van der Waals surface area (Å²) < 4.78 is 104. The van der Waals surface area contributed by atoms with Gasteiger partial charge in [0, 0.05) is 36.4 Å². The maximum absolute atomic E-state index is 12.5. The number of hydrogen-bond acceptors (Lipinski definition) is 20. The van der Waals surface area contributed by atoms with Crippen LogP contribution in [-0.2, 0) is 39.7 Å². The van der Waals surface area contributed by atoms with Crippen molar-refractivity contribution < 1.29 is 94.1 Å². The second-order valence-electron chi connectivity index (χ2n) is 13.3. The minimum absolute atomic E-state index is 0.0323. The lowest BCUT2D eigenvalue weighted by Crippen LogP contribution is -2.03. The topological polar surface area (TPSA) is 403 Å². The summed E-state index contributed by atoms with van der Waals surface area (Å²) in [4.78, 5) is -1.12. The molecule has 0 atom stereocenters. The molecule has 0 saturated heterocycles. The first-order chi connectivity index (χ1) is 32.0. The van der Waals surface area contributed by atoms with Gasteiger partial charge in [0.05, 0.1) is 37.0 Å². The number of phenols is 4. The van der Waals surface area contributed by atoms with Crippen molar-refractivity contribution in [2.45, 2.75) is 19.6 Å². The average molecular weight is 1010 g/mol. The van der Waals surface area contributed by atoms with Gasteiger partial charge in [-0.3, -0.25) is 24.1 Å². The van der Waals surface area contributed by atoms with Crippen LogP contribution >= 0.6 is 12.0 Å². The van der Waals surface area contributed by atoms with Crippen molar-refractivity contribution in [3.63, 3.8) is 0 Å². The molecule has 0 radical (unpaired) electrons. The van der Waals surface area contributed by atoms with E-state index in [1.807, 2.05) is 0 Å². The standard InChI is InChI=1S/C38H28N8O18S4/c47-33-13-9-27(66(54,55)56)19-31(33)41-39-29-11-5-23(15-35(29)49)43-45(51)25-7-3-21(37(17-25)65-64-63-53)1-2-22-4-8-26(18-38(22)68(60,61)62)46(52)44-24-6-12-30(36(50)16-24)40-42-32-20-28(67(57,58)59)10-14-34(32)48/h1-20,51-52H,(H6,43,44,49,50,53,54,55,56,57,58,59,60,61,62)/p+2/b2-1+. The van der Waals surface area contributed by atoms with Crippen LogP contribution in [0.5, 0.6) is 23.0 Å². The largest absolute Gasteiger partial charge is 0.506 e. The number of nitrogens with zero attached hydrogens (tertiary/aromatic N) is 8. The van der Waals surface area contributed by atoms with Crippen molar-refractivity contribution in [1.29, 1.82) is 0 Å². The molecule has 0 aliphatic rings. The third kappa shape index (κ3) is 12.6. The number of azo groups is 4. The Hall–Kier alpha value is -7.78. The monoisotopic (exact) mass is 1010 g/mol. The Kier molecular flexibility index (Phi) is 14.9. The molecular weight excluding hydrogens is 985 g/mol. The average Bonchev–Trinajstić information content (AvgIpc) is 3.27. The van der Waals surface area contributed by atoms with Crippen LogP contribution in [0.3, 0.4) is 0 Å². The molecule has 0 amide bonds. The molecule has 6 rings (SSSR count). The Morgan fingerprint density at radius 1 is 0.485 bits per heavy atom. The lowest BCUT2D eigenvalue weighted by atomic mass is 10.1. The molecule has 26 nitrogen and oxygen atoms in total. The number of benzene rings is 6. The van der Waals surface area contributed by atoms with E-state index in [1.54, 1.807) is 0 Å². The minimum Gasteiger partial charge on any atom is -0.506 e. The first kappa shape index (κ1) is 49.6. The van der Waals surface area contributed by atoms with E-state index in [4.69, 9.17) is 5.26 Å². The van der Waals surface area contributed by atoms with E-state index in [0.717, 1.165) is 54.6 Å². The molecule has 0 aliphatic heterocycles. The molecule has 0 spiro atoms. The van der Waals surface area contributed by atoms with Gasteiger partial charge in [0.2, 0.25) is 0 Å². The molecule has 0 bridgehead atoms. The van der Waals surface area contributed by atoms with Gasteiger partial charge < -0.3 is 20.4 Å². The molecule has 6 aromatic rings. The van der Waals surface area contributed by atoms with E-state index in [2.05, 4.69) is 40.1 Å². The van der Waals surface area contributed by atoms with Gasteiger partial charge in [0.1, 0.15) is 71.7 Å². The van der Waals surface area contributed by atoms with Crippen LogP contribution in [0.15, 0.2) is 159 Å². The first-order valence-corrected chi connectivity index (χ1v) is 23.2. The molecule has 30 heteroatoms. The second kappa shape index (κ2) is 20.4. The molecule has 68 heavy (non-hydrogen) atoms. The lowest BCUT2D eigenvalue weighted by Gasteiger charge is -2.05. The van der Waals surface area contributed by atoms with Gasteiger partial charge >= 0.3 is 0 Å². The molecule has 0 fully saturated rings. The zero-order valence-electron chi connectivity index (χ0n) is 33.5. The van der Waals surface area contributed by atoms with E-state index < -0.39 is 68.0 Å².